The van der Waals surface area contributed by atoms with Crippen molar-refractivity contribution in [1.82, 2.24) is 14.5 Å². The van der Waals surface area contributed by atoms with Crippen molar-refractivity contribution >= 4 is 23.6 Å². The summed E-state index contributed by atoms with van der Waals surface area (Å²) in [6, 6.07) is 9.49. The maximum absolute atomic E-state index is 12.5. The number of aliphatic carboxylic acids is 1. The summed E-state index contributed by atoms with van der Waals surface area (Å²) < 4.78 is 39.7. The lowest BCUT2D eigenvalue weighted by Gasteiger charge is -2.47. The van der Waals surface area contributed by atoms with Gasteiger partial charge in [-0.3, -0.25) is 4.79 Å². The Labute approximate surface area is 174 Å². The zero-order chi connectivity index (χ0) is 21.9. The second kappa shape index (κ2) is 8.58. The number of carbonyl (C=O) groups excluding carboxylic acids is 1. The van der Waals surface area contributed by atoms with Crippen LogP contribution in [-0.4, -0.2) is 67.3 Å². The minimum absolute atomic E-state index is 0.123. The van der Waals surface area contributed by atoms with Gasteiger partial charge in [0.15, 0.2) is 0 Å². The summed E-state index contributed by atoms with van der Waals surface area (Å²) in [4.78, 5) is 27.5. The Morgan fingerprint density at radius 1 is 1.27 bits per heavy atom. The van der Waals surface area contributed by atoms with Crippen LogP contribution in [0.1, 0.15) is 16.9 Å². The number of thioether (sulfide) groups is 1. The van der Waals surface area contributed by atoms with Crippen LogP contribution in [0.5, 0.6) is 5.88 Å². The van der Waals surface area contributed by atoms with Gasteiger partial charge < -0.3 is 19.3 Å². The van der Waals surface area contributed by atoms with Crippen molar-refractivity contribution in [2.75, 3.05) is 18.8 Å². The molecule has 4 heterocycles. The second-order valence-corrected chi connectivity index (χ2v) is 8.56. The van der Waals surface area contributed by atoms with E-state index in [1.54, 1.807) is 6.20 Å². The number of carboxylic acids is 1. The molecule has 4 rings (SSSR count). The van der Waals surface area contributed by atoms with E-state index in [0.717, 1.165) is 31.0 Å². The van der Waals surface area contributed by atoms with Crippen molar-refractivity contribution in [1.29, 1.82) is 0 Å². The van der Waals surface area contributed by atoms with Crippen molar-refractivity contribution < 1.29 is 32.6 Å². The number of carbonyl (C=O) groups is 2. The number of ether oxygens (including phenoxy) is 1. The lowest BCUT2D eigenvalue weighted by atomic mass is 9.92. The van der Waals surface area contributed by atoms with Crippen LogP contribution in [-0.2, 0) is 11.8 Å². The number of hydrogen-bond donors (Lipinski definition) is 1. The SMILES string of the molecule is Cn1cccc1C(=O)N1CC2(CC(Oc3ccccn3)CS2)C1.O=C(O)C(F)(F)F. The molecule has 0 radical (unpaired) electrons. The molecular weight excluding hydrogens is 423 g/mol. The average Bonchev–Trinajstić information content (AvgIpc) is 3.27. The first-order valence-electron chi connectivity index (χ1n) is 9.02. The molecule has 2 aliphatic heterocycles. The maximum atomic E-state index is 12.5. The molecule has 30 heavy (non-hydrogen) atoms. The number of halogens is 3. The molecule has 2 fully saturated rings. The third-order valence-corrected chi connectivity index (χ3v) is 6.33. The third-order valence-electron chi connectivity index (χ3n) is 4.75. The fraction of sp³-hybridized carbons (Fsp3) is 0.421. The van der Waals surface area contributed by atoms with Gasteiger partial charge in [0, 0.05) is 50.8 Å². The van der Waals surface area contributed by atoms with Crippen LogP contribution in [0.3, 0.4) is 0 Å². The molecule has 0 aromatic carbocycles. The summed E-state index contributed by atoms with van der Waals surface area (Å²) in [6.45, 7) is 1.62. The zero-order valence-corrected chi connectivity index (χ0v) is 16.8. The molecule has 2 saturated heterocycles. The van der Waals surface area contributed by atoms with E-state index >= 15 is 0 Å². The Hall–Kier alpha value is -2.69. The van der Waals surface area contributed by atoms with Gasteiger partial charge in [0.25, 0.3) is 5.91 Å². The molecule has 1 atom stereocenters. The van der Waals surface area contributed by atoms with Gasteiger partial charge in [0.2, 0.25) is 5.88 Å². The minimum atomic E-state index is -5.08. The number of amides is 1. The maximum Gasteiger partial charge on any atom is 0.490 e. The summed E-state index contributed by atoms with van der Waals surface area (Å²) in [5.74, 6) is -0.987. The van der Waals surface area contributed by atoms with Gasteiger partial charge in [0.05, 0.1) is 4.75 Å². The quantitative estimate of drug-likeness (QED) is 0.786. The molecule has 11 heteroatoms. The molecule has 2 aromatic rings. The Morgan fingerprint density at radius 3 is 2.50 bits per heavy atom. The number of nitrogens with zero attached hydrogens (tertiary/aromatic N) is 3. The molecule has 1 unspecified atom stereocenters. The first-order chi connectivity index (χ1) is 14.1. The fourth-order valence-electron chi connectivity index (χ4n) is 3.32. The predicted molar refractivity (Wildman–Crippen MR) is 103 cm³/mol. The molecule has 1 spiro atoms. The highest BCUT2D eigenvalue weighted by molar-refractivity contribution is 8.01. The van der Waals surface area contributed by atoms with E-state index < -0.39 is 12.1 Å². The molecule has 0 aliphatic carbocycles. The molecule has 162 valence electrons. The van der Waals surface area contributed by atoms with Crippen molar-refractivity contribution in [2.45, 2.75) is 23.4 Å². The van der Waals surface area contributed by atoms with Gasteiger partial charge in [-0.15, -0.1) is 11.8 Å². The predicted octanol–water partition coefficient (Wildman–Crippen LogP) is 2.83. The molecule has 1 N–H and O–H groups in total. The van der Waals surface area contributed by atoms with Crippen LogP contribution in [0.25, 0.3) is 0 Å². The Balaban J connectivity index is 0.000000318. The topological polar surface area (TPSA) is 84.7 Å². The van der Waals surface area contributed by atoms with Crippen molar-refractivity contribution in [3.05, 3.63) is 48.4 Å². The number of pyridine rings is 1. The van der Waals surface area contributed by atoms with Crippen LogP contribution < -0.4 is 4.74 Å². The van der Waals surface area contributed by atoms with Crippen molar-refractivity contribution in [3.63, 3.8) is 0 Å². The summed E-state index contributed by atoms with van der Waals surface area (Å²) in [6.07, 6.45) is -0.270. The Bertz CT molecular complexity index is 898. The second-order valence-electron chi connectivity index (χ2n) is 7.07. The monoisotopic (exact) mass is 443 g/mol. The number of rotatable bonds is 3. The largest absolute Gasteiger partial charge is 0.490 e. The molecule has 0 bridgehead atoms. The lowest BCUT2D eigenvalue weighted by Crippen LogP contribution is -2.61. The van der Waals surface area contributed by atoms with E-state index in [0.29, 0.717) is 5.88 Å². The van der Waals surface area contributed by atoms with Crippen LogP contribution >= 0.6 is 11.8 Å². The van der Waals surface area contributed by atoms with E-state index in [2.05, 4.69) is 4.98 Å². The van der Waals surface area contributed by atoms with E-state index in [4.69, 9.17) is 14.6 Å². The highest BCUT2D eigenvalue weighted by Crippen LogP contribution is 2.46. The van der Waals surface area contributed by atoms with E-state index in [9.17, 15) is 18.0 Å². The number of aromatic nitrogens is 2. The molecule has 7 nitrogen and oxygen atoms in total. The van der Waals surface area contributed by atoms with E-state index in [-0.39, 0.29) is 16.8 Å². The molecule has 2 aliphatic rings. The van der Waals surface area contributed by atoms with Gasteiger partial charge in [-0.05, 0) is 18.2 Å². The van der Waals surface area contributed by atoms with Gasteiger partial charge in [0.1, 0.15) is 11.8 Å². The lowest BCUT2D eigenvalue weighted by molar-refractivity contribution is -0.192. The number of hydrogen-bond acceptors (Lipinski definition) is 5. The molecule has 0 saturated carbocycles. The Morgan fingerprint density at radius 2 is 1.97 bits per heavy atom. The van der Waals surface area contributed by atoms with Crippen LogP contribution in [0.15, 0.2) is 42.7 Å². The summed E-state index contributed by atoms with van der Waals surface area (Å²) in [5.41, 5.74) is 0.754. The first kappa shape index (κ1) is 22.0. The van der Waals surface area contributed by atoms with E-state index in [1.165, 1.54) is 0 Å². The van der Waals surface area contributed by atoms with Gasteiger partial charge in [-0.1, -0.05) is 6.07 Å². The summed E-state index contributed by atoms with van der Waals surface area (Å²) >= 11 is 1.93. The normalized spacial score (nSPS) is 19.6. The van der Waals surface area contributed by atoms with Crippen LogP contribution in [0.2, 0.25) is 0 Å². The number of carboxylic acid groups (broad SMARTS) is 1. The summed E-state index contributed by atoms with van der Waals surface area (Å²) in [5, 5.41) is 7.12. The van der Waals surface area contributed by atoms with Crippen LogP contribution in [0.4, 0.5) is 13.2 Å². The van der Waals surface area contributed by atoms with Gasteiger partial charge in [-0.25, -0.2) is 9.78 Å². The standard InChI is InChI=1S/C17H19N3O2S.C2HF3O2/c1-19-8-4-5-14(19)16(21)20-11-17(12-20)9-13(10-23-17)22-15-6-2-3-7-18-15;3-2(4,5)1(6)7/h2-8,13H,9-12H2,1H3;(H,6,7). The fourth-order valence-corrected chi connectivity index (χ4v) is 4.85. The van der Waals surface area contributed by atoms with Crippen LogP contribution in [0, 0.1) is 0 Å². The van der Waals surface area contributed by atoms with Gasteiger partial charge in [-0.2, -0.15) is 13.2 Å². The number of likely N-dealkylation sites (tertiary alicyclic amines) is 1. The minimum Gasteiger partial charge on any atom is -0.475 e. The Kier molecular flexibility index (Phi) is 6.30. The zero-order valence-electron chi connectivity index (χ0n) is 16.0. The summed E-state index contributed by atoms with van der Waals surface area (Å²) in [7, 11) is 1.91. The third kappa shape index (κ3) is 5.07. The average molecular weight is 443 g/mol. The van der Waals surface area contributed by atoms with Crippen molar-refractivity contribution in [3.8, 4) is 5.88 Å². The number of aryl methyl sites for hydroxylation is 1. The molecular formula is C19H20F3N3O4S. The number of alkyl halides is 3. The molecule has 2 aromatic heterocycles. The van der Waals surface area contributed by atoms with Crippen molar-refractivity contribution in [2.24, 2.45) is 7.05 Å². The smallest absolute Gasteiger partial charge is 0.475 e. The van der Waals surface area contributed by atoms with E-state index in [1.807, 2.05) is 64.8 Å². The first-order valence-corrected chi connectivity index (χ1v) is 10.0. The van der Waals surface area contributed by atoms with Gasteiger partial charge >= 0.3 is 12.1 Å². The highest BCUT2D eigenvalue weighted by atomic mass is 32.2. The highest BCUT2D eigenvalue weighted by Gasteiger charge is 2.51. The molecule has 1 amide bonds.